The van der Waals surface area contributed by atoms with Crippen LogP contribution in [0.1, 0.15) is 25.5 Å². The van der Waals surface area contributed by atoms with Crippen molar-refractivity contribution >= 4 is 59.0 Å². The van der Waals surface area contributed by atoms with Gasteiger partial charge in [-0.2, -0.15) is 0 Å². The first-order valence-electron chi connectivity index (χ1n) is 8.49. The van der Waals surface area contributed by atoms with Gasteiger partial charge in [-0.3, -0.25) is 14.2 Å². The Balaban J connectivity index is 0.000000159. The summed E-state index contributed by atoms with van der Waals surface area (Å²) in [6.45, 7) is 2.23. The van der Waals surface area contributed by atoms with Crippen LogP contribution in [0.5, 0.6) is 0 Å². The standard InChI is InChI=1S/C11H13N.C7H8FN3OP2S/c1-2-9-5-6-11-10(8-9)4-3-7-12-11;8-7(13,14)4-1-15-6-5(10-3-12)9-2-11(4)6/h3-4,6-9H,2,5H2,1H3;1-3H,13-14H2,(H,10,12). The molecule has 0 spiro atoms. The van der Waals surface area contributed by atoms with Crippen molar-refractivity contribution in [3.63, 3.8) is 0 Å². The molecule has 9 heteroatoms. The number of pyridine rings is 1. The van der Waals surface area contributed by atoms with Gasteiger partial charge in [0.05, 0.1) is 11.0 Å². The largest absolute Gasteiger partial charge is 0.311 e. The number of aromatic nitrogens is 3. The minimum Gasteiger partial charge on any atom is -0.311 e. The molecule has 3 aromatic heterocycles. The van der Waals surface area contributed by atoms with Crippen LogP contribution in [0.25, 0.3) is 17.0 Å². The highest BCUT2D eigenvalue weighted by Gasteiger charge is 2.24. The predicted octanol–water partition coefficient (Wildman–Crippen LogP) is 2.87. The molecule has 1 N–H and O–H groups in total. The van der Waals surface area contributed by atoms with Crippen molar-refractivity contribution < 1.29 is 9.18 Å². The zero-order valence-electron chi connectivity index (χ0n) is 14.8. The second kappa shape index (κ2) is 8.55. The molecule has 4 rings (SSSR count). The number of nitrogens with zero attached hydrogens (tertiary/aromatic N) is 3. The van der Waals surface area contributed by atoms with Gasteiger partial charge >= 0.3 is 0 Å². The zero-order chi connectivity index (χ0) is 19.4. The van der Waals surface area contributed by atoms with Gasteiger partial charge in [-0.25, -0.2) is 9.37 Å². The Morgan fingerprint density at radius 3 is 3.00 bits per heavy atom. The van der Waals surface area contributed by atoms with E-state index in [-0.39, 0.29) is 0 Å². The molecule has 27 heavy (non-hydrogen) atoms. The molecule has 0 saturated heterocycles. The monoisotopic (exact) mass is 422 g/mol. The first-order valence-corrected chi connectivity index (χ1v) is 10.5. The number of nitrogens with one attached hydrogen (secondary N) is 1. The number of alkyl halides is 1. The van der Waals surface area contributed by atoms with Gasteiger partial charge in [0.1, 0.15) is 11.2 Å². The summed E-state index contributed by atoms with van der Waals surface area (Å²) in [5, 5.41) is 5.02. The van der Waals surface area contributed by atoms with Crippen molar-refractivity contribution in [1.82, 2.24) is 14.4 Å². The average Bonchev–Trinajstić information content (AvgIpc) is 3.24. The molecular formula is C18H21FN4OP2S. The Labute approximate surface area is 165 Å². The lowest BCUT2D eigenvalue weighted by molar-refractivity contribution is -0.105. The quantitative estimate of drug-likeness (QED) is 0.520. The van der Waals surface area contributed by atoms with E-state index in [0.717, 1.165) is 17.7 Å². The SMILES string of the molecule is CCC1C=c2cccnc2=CC1.O=CNc1ncn2c(C(F)(P)P)csc12. The average molecular weight is 422 g/mol. The van der Waals surface area contributed by atoms with Gasteiger partial charge in [-0.15, -0.1) is 11.3 Å². The van der Waals surface area contributed by atoms with E-state index in [4.69, 9.17) is 0 Å². The molecule has 0 saturated carbocycles. The maximum atomic E-state index is 13.7. The summed E-state index contributed by atoms with van der Waals surface area (Å²) in [4.78, 5) is 19.3. The molecule has 3 atom stereocenters. The van der Waals surface area contributed by atoms with E-state index in [1.54, 1.807) is 9.78 Å². The number of carbonyl (C=O) groups is 1. The fraction of sp³-hybridized carbons (Fsp3) is 0.278. The lowest BCUT2D eigenvalue weighted by Crippen LogP contribution is -2.31. The lowest BCUT2D eigenvalue weighted by Gasteiger charge is -2.11. The maximum Gasteiger partial charge on any atom is 0.212 e. The van der Waals surface area contributed by atoms with Crippen LogP contribution in [0.2, 0.25) is 0 Å². The van der Waals surface area contributed by atoms with E-state index >= 15 is 0 Å². The van der Waals surface area contributed by atoms with Crippen LogP contribution >= 0.6 is 29.8 Å². The van der Waals surface area contributed by atoms with Gasteiger partial charge in [0.25, 0.3) is 0 Å². The van der Waals surface area contributed by atoms with Crippen LogP contribution in [0, 0.1) is 5.92 Å². The van der Waals surface area contributed by atoms with E-state index in [0.29, 0.717) is 22.8 Å². The first kappa shape index (κ1) is 20.1. The third kappa shape index (κ3) is 4.60. The molecule has 1 amide bonds. The molecule has 5 nitrogen and oxygen atoms in total. The molecule has 0 radical (unpaired) electrons. The molecule has 3 heterocycles. The summed E-state index contributed by atoms with van der Waals surface area (Å²) in [6.07, 6.45) is 10.8. The van der Waals surface area contributed by atoms with Crippen molar-refractivity contribution in [3.05, 3.63) is 46.3 Å². The number of anilines is 1. The van der Waals surface area contributed by atoms with E-state index in [1.165, 1.54) is 29.3 Å². The van der Waals surface area contributed by atoms with Crippen LogP contribution in [-0.2, 0) is 9.95 Å². The van der Waals surface area contributed by atoms with Crippen molar-refractivity contribution in [2.45, 2.75) is 24.9 Å². The van der Waals surface area contributed by atoms with Gasteiger partial charge < -0.3 is 5.32 Å². The Bertz CT molecular complexity index is 1060. The van der Waals surface area contributed by atoms with Crippen molar-refractivity contribution in [1.29, 1.82) is 0 Å². The highest BCUT2D eigenvalue weighted by Crippen LogP contribution is 2.42. The summed E-state index contributed by atoms with van der Waals surface area (Å²) in [7, 11) is 4.19. The number of carbonyl (C=O) groups excluding carboxylic acids is 1. The summed E-state index contributed by atoms with van der Waals surface area (Å²) in [6, 6.07) is 4.14. The highest BCUT2D eigenvalue weighted by molar-refractivity contribution is 7.38. The molecule has 0 aliphatic heterocycles. The van der Waals surface area contributed by atoms with Crippen molar-refractivity contribution in [2.75, 3.05) is 5.32 Å². The molecule has 3 aromatic rings. The van der Waals surface area contributed by atoms with Gasteiger partial charge in [0, 0.05) is 11.6 Å². The number of halogens is 1. The number of hydrogen-bond acceptors (Lipinski definition) is 4. The fourth-order valence-corrected chi connectivity index (χ4v) is 4.52. The number of hydrogen-bond donors (Lipinski definition) is 1. The topological polar surface area (TPSA) is 59.3 Å². The lowest BCUT2D eigenvalue weighted by atomic mass is 9.97. The van der Waals surface area contributed by atoms with Crippen LogP contribution in [0.15, 0.2) is 30.0 Å². The summed E-state index contributed by atoms with van der Waals surface area (Å²) in [5.41, 5.74) is 0.462. The first-order chi connectivity index (χ1) is 12.9. The predicted molar refractivity (Wildman–Crippen MR) is 116 cm³/mol. The highest BCUT2D eigenvalue weighted by atomic mass is 32.1. The van der Waals surface area contributed by atoms with Crippen LogP contribution in [0.3, 0.4) is 0 Å². The van der Waals surface area contributed by atoms with Gasteiger partial charge in [-0.1, -0.05) is 43.6 Å². The third-order valence-corrected chi connectivity index (χ3v) is 5.82. The third-order valence-electron chi connectivity index (χ3n) is 4.28. The van der Waals surface area contributed by atoms with Gasteiger partial charge in [0.15, 0.2) is 11.0 Å². The van der Waals surface area contributed by atoms with E-state index in [9.17, 15) is 9.18 Å². The summed E-state index contributed by atoms with van der Waals surface area (Å²) < 4.78 is 15.3. The van der Waals surface area contributed by atoms with Gasteiger partial charge in [0.2, 0.25) is 6.41 Å². The Morgan fingerprint density at radius 2 is 2.30 bits per heavy atom. The molecule has 3 unspecified atom stereocenters. The number of imidazole rings is 1. The zero-order valence-corrected chi connectivity index (χ0v) is 17.9. The van der Waals surface area contributed by atoms with E-state index < -0.39 is 5.15 Å². The van der Waals surface area contributed by atoms with Crippen molar-refractivity contribution in [2.24, 2.45) is 5.92 Å². The number of thiazole rings is 1. The van der Waals surface area contributed by atoms with Crippen LogP contribution in [-0.4, -0.2) is 20.8 Å². The minimum absolute atomic E-state index is 0.445. The molecule has 1 aliphatic carbocycles. The molecule has 0 fully saturated rings. The second-order valence-electron chi connectivity index (χ2n) is 6.17. The smallest absolute Gasteiger partial charge is 0.212 e. The minimum atomic E-state index is -1.59. The second-order valence-corrected chi connectivity index (χ2v) is 9.38. The molecule has 0 bridgehead atoms. The Kier molecular flexibility index (Phi) is 6.36. The van der Waals surface area contributed by atoms with Crippen molar-refractivity contribution in [3.8, 4) is 0 Å². The summed E-state index contributed by atoms with van der Waals surface area (Å²) >= 11 is 1.33. The van der Waals surface area contributed by atoms with Crippen LogP contribution in [0.4, 0.5) is 10.2 Å². The summed E-state index contributed by atoms with van der Waals surface area (Å²) in [5.74, 6) is 1.17. The number of rotatable bonds is 4. The van der Waals surface area contributed by atoms with E-state index in [2.05, 4.69) is 58.9 Å². The Hall–Kier alpha value is -1.68. The fourth-order valence-electron chi connectivity index (χ4n) is 2.83. The van der Waals surface area contributed by atoms with Crippen LogP contribution < -0.4 is 15.9 Å². The molecular weight excluding hydrogens is 401 g/mol. The number of fused-ring (bicyclic) bond motifs is 2. The number of amides is 1. The molecule has 1 aliphatic rings. The maximum absolute atomic E-state index is 13.7. The molecule has 0 aromatic carbocycles. The molecule has 142 valence electrons. The Morgan fingerprint density at radius 1 is 1.48 bits per heavy atom. The van der Waals surface area contributed by atoms with E-state index in [1.807, 2.05) is 12.3 Å². The van der Waals surface area contributed by atoms with Gasteiger partial charge in [-0.05, 0) is 30.0 Å². The normalized spacial score (nSPS) is 15.8.